The molecule has 8 heteroatoms. The molecule has 0 radical (unpaired) electrons. The van der Waals surface area contributed by atoms with E-state index < -0.39 is 17.5 Å². The quantitative estimate of drug-likeness (QED) is 0.485. The van der Waals surface area contributed by atoms with Crippen LogP contribution in [0.3, 0.4) is 0 Å². The first-order valence-corrected chi connectivity index (χ1v) is 14.6. The Kier molecular flexibility index (Phi) is 8.03. The van der Waals surface area contributed by atoms with Gasteiger partial charge in [0.15, 0.2) is 0 Å². The van der Waals surface area contributed by atoms with E-state index in [0.29, 0.717) is 25.4 Å². The Morgan fingerprint density at radius 3 is 2.50 bits per heavy atom. The van der Waals surface area contributed by atoms with E-state index in [9.17, 15) is 14.4 Å². The lowest BCUT2D eigenvalue weighted by Crippen LogP contribution is -2.58. The van der Waals surface area contributed by atoms with Crippen LogP contribution in [-0.4, -0.2) is 46.2 Å². The molecule has 2 N–H and O–H groups in total. The van der Waals surface area contributed by atoms with Crippen LogP contribution >= 0.6 is 11.3 Å². The predicted molar refractivity (Wildman–Crippen MR) is 152 cm³/mol. The van der Waals surface area contributed by atoms with E-state index >= 15 is 0 Å². The summed E-state index contributed by atoms with van der Waals surface area (Å²) < 4.78 is 0. The highest BCUT2D eigenvalue weighted by Gasteiger charge is 2.48. The van der Waals surface area contributed by atoms with E-state index in [2.05, 4.69) is 47.7 Å². The van der Waals surface area contributed by atoms with Gasteiger partial charge in [-0.3, -0.25) is 14.4 Å². The topological polar surface area (TPSA) is 91.4 Å². The van der Waals surface area contributed by atoms with Gasteiger partial charge in [-0.2, -0.15) is 0 Å². The maximum absolute atomic E-state index is 13.7. The summed E-state index contributed by atoms with van der Waals surface area (Å²) in [5.74, 6) is -0.0748. The number of hydrogen-bond acceptors (Lipinski definition) is 5. The van der Waals surface area contributed by atoms with E-state index in [4.69, 9.17) is 0 Å². The summed E-state index contributed by atoms with van der Waals surface area (Å²) in [5, 5.41) is 6.14. The molecule has 1 aliphatic carbocycles. The fourth-order valence-electron chi connectivity index (χ4n) is 5.15. The fraction of sp³-hybridized carbons (Fsp3) is 0.600. The van der Waals surface area contributed by atoms with Crippen LogP contribution in [0.1, 0.15) is 90.0 Å². The van der Waals surface area contributed by atoms with Gasteiger partial charge < -0.3 is 15.5 Å². The van der Waals surface area contributed by atoms with Crippen molar-refractivity contribution < 1.29 is 14.4 Å². The number of carbonyl (C=O) groups excluding carboxylic acids is 3. The van der Waals surface area contributed by atoms with Crippen LogP contribution < -0.4 is 10.6 Å². The summed E-state index contributed by atoms with van der Waals surface area (Å²) in [4.78, 5) is 47.1. The number of likely N-dealkylation sites (tertiary alicyclic amines) is 1. The van der Waals surface area contributed by atoms with Crippen LogP contribution in [0, 0.1) is 17.8 Å². The molecule has 3 amide bonds. The second-order valence-corrected chi connectivity index (χ2v) is 13.4. The molecule has 2 heterocycles. The summed E-state index contributed by atoms with van der Waals surface area (Å²) in [7, 11) is 0. The molecule has 0 bridgehead atoms. The largest absolute Gasteiger partial charge is 0.350 e. The van der Waals surface area contributed by atoms with Crippen molar-refractivity contribution >= 4 is 29.1 Å². The Balaban J connectivity index is 1.46. The van der Waals surface area contributed by atoms with Crippen LogP contribution in [-0.2, 0) is 20.9 Å². The van der Waals surface area contributed by atoms with Crippen LogP contribution in [0.25, 0.3) is 10.4 Å². The zero-order valence-electron chi connectivity index (χ0n) is 23.8. The van der Waals surface area contributed by atoms with Gasteiger partial charge in [0.05, 0.1) is 16.1 Å². The standard InChI is InChI=1S/C30H42N4O3S/c1-18(2)22-15-20(24-19(3)32-17-38-24)10-11-21(22)16-31-26(35)23-9-8-14-34(23)27(36)25(29(4,5)6)33-28(37)30(7)12-13-30/h10-11,15,17-18,23,25H,8-9,12-14,16H2,1-7H3,(H,31,35)(H,33,37). The smallest absolute Gasteiger partial charge is 0.246 e. The average Bonchev–Trinajstić information content (AvgIpc) is 3.23. The van der Waals surface area contributed by atoms with Gasteiger partial charge in [0.25, 0.3) is 0 Å². The van der Waals surface area contributed by atoms with E-state index in [-0.39, 0.29) is 23.1 Å². The number of aromatic nitrogens is 1. The highest BCUT2D eigenvalue weighted by molar-refractivity contribution is 7.13. The molecule has 1 aromatic heterocycles. The van der Waals surface area contributed by atoms with Crippen molar-refractivity contribution in [2.45, 2.75) is 98.7 Å². The summed E-state index contributed by atoms with van der Waals surface area (Å²) >= 11 is 1.63. The second kappa shape index (κ2) is 10.8. The molecular weight excluding hydrogens is 496 g/mol. The van der Waals surface area contributed by atoms with Crippen molar-refractivity contribution in [2.24, 2.45) is 10.8 Å². The second-order valence-electron chi connectivity index (χ2n) is 12.6. The molecule has 1 aromatic carbocycles. The Bertz CT molecular complexity index is 1210. The molecule has 1 saturated heterocycles. The van der Waals surface area contributed by atoms with E-state index in [1.165, 1.54) is 10.4 Å². The van der Waals surface area contributed by atoms with Crippen molar-refractivity contribution in [1.29, 1.82) is 0 Å². The third-order valence-corrected chi connectivity index (χ3v) is 8.98. The minimum absolute atomic E-state index is 0.0656. The van der Waals surface area contributed by atoms with Crippen molar-refractivity contribution in [3.63, 3.8) is 0 Å². The number of nitrogens with one attached hydrogen (secondary N) is 2. The maximum Gasteiger partial charge on any atom is 0.246 e. The predicted octanol–water partition coefficient (Wildman–Crippen LogP) is 5.18. The lowest BCUT2D eigenvalue weighted by molar-refractivity contribution is -0.144. The number of rotatable bonds is 8. The number of thiazole rings is 1. The van der Waals surface area contributed by atoms with E-state index in [0.717, 1.165) is 36.1 Å². The lowest BCUT2D eigenvalue weighted by Gasteiger charge is -2.36. The third kappa shape index (κ3) is 5.95. The first-order valence-electron chi connectivity index (χ1n) is 13.7. The number of aryl methyl sites for hydroxylation is 1. The Morgan fingerprint density at radius 2 is 1.92 bits per heavy atom. The average molecular weight is 539 g/mol. The zero-order valence-corrected chi connectivity index (χ0v) is 24.6. The molecule has 2 aliphatic rings. The normalized spacial score (nSPS) is 19.4. The van der Waals surface area contributed by atoms with Crippen molar-refractivity contribution in [3.05, 3.63) is 40.5 Å². The molecule has 2 unspecified atom stereocenters. The van der Waals surface area contributed by atoms with Gasteiger partial charge in [-0.1, -0.05) is 53.7 Å². The molecule has 206 valence electrons. The van der Waals surface area contributed by atoms with Crippen molar-refractivity contribution in [2.75, 3.05) is 6.54 Å². The molecule has 4 rings (SSSR count). The maximum atomic E-state index is 13.7. The number of amides is 3. The van der Waals surface area contributed by atoms with Gasteiger partial charge >= 0.3 is 0 Å². The Morgan fingerprint density at radius 1 is 1.21 bits per heavy atom. The number of carbonyl (C=O) groups is 3. The highest BCUT2D eigenvalue weighted by Crippen LogP contribution is 2.45. The number of nitrogens with zero attached hydrogens (tertiary/aromatic N) is 2. The molecule has 2 atom stereocenters. The highest BCUT2D eigenvalue weighted by atomic mass is 32.1. The summed E-state index contributed by atoms with van der Waals surface area (Å²) in [5.41, 5.74) is 5.47. The van der Waals surface area contributed by atoms with E-state index in [1.54, 1.807) is 16.2 Å². The molecular formula is C30H42N4O3S. The van der Waals surface area contributed by atoms with Gasteiger partial charge in [0.1, 0.15) is 12.1 Å². The molecule has 2 aromatic rings. The fourth-order valence-corrected chi connectivity index (χ4v) is 5.95. The van der Waals surface area contributed by atoms with Gasteiger partial charge in [-0.05, 0) is 66.7 Å². The molecule has 1 aliphatic heterocycles. The minimum Gasteiger partial charge on any atom is -0.350 e. The molecule has 38 heavy (non-hydrogen) atoms. The molecule has 2 fully saturated rings. The van der Waals surface area contributed by atoms with Crippen molar-refractivity contribution in [3.8, 4) is 10.4 Å². The van der Waals surface area contributed by atoms with Crippen LogP contribution in [0.4, 0.5) is 0 Å². The lowest BCUT2D eigenvalue weighted by atomic mass is 9.85. The van der Waals surface area contributed by atoms with Crippen LogP contribution in [0.15, 0.2) is 23.7 Å². The monoisotopic (exact) mass is 538 g/mol. The zero-order chi connectivity index (χ0) is 27.8. The first kappa shape index (κ1) is 28.3. The number of hydrogen-bond donors (Lipinski definition) is 2. The van der Waals surface area contributed by atoms with Crippen LogP contribution in [0.5, 0.6) is 0 Å². The third-order valence-electron chi connectivity index (χ3n) is 8.00. The summed E-state index contributed by atoms with van der Waals surface area (Å²) in [6.07, 6.45) is 3.09. The number of benzene rings is 1. The SMILES string of the molecule is Cc1ncsc1-c1ccc(CNC(=O)C2CCCN2C(=O)C(NC(=O)C2(C)CC2)C(C)(C)C)c(C(C)C)c1. The Labute approximate surface area is 230 Å². The minimum atomic E-state index is -0.670. The van der Waals surface area contributed by atoms with Crippen molar-refractivity contribution in [1.82, 2.24) is 20.5 Å². The summed E-state index contributed by atoms with van der Waals surface area (Å²) in [6.45, 7) is 15.1. The molecule has 1 saturated carbocycles. The van der Waals surface area contributed by atoms with Crippen LogP contribution in [0.2, 0.25) is 0 Å². The van der Waals surface area contributed by atoms with E-state index in [1.807, 2.05) is 40.1 Å². The van der Waals surface area contributed by atoms with Gasteiger partial charge in [-0.15, -0.1) is 11.3 Å². The van der Waals surface area contributed by atoms with Gasteiger partial charge in [0, 0.05) is 18.5 Å². The molecule has 7 nitrogen and oxygen atoms in total. The van der Waals surface area contributed by atoms with Gasteiger partial charge in [-0.25, -0.2) is 4.98 Å². The van der Waals surface area contributed by atoms with Gasteiger partial charge in [0.2, 0.25) is 17.7 Å². The summed E-state index contributed by atoms with van der Waals surface area (Å²) in [6, 6.07) is 5.19. The first-order chi connectivity index (χ1) is 17.8. The Hall–Kier alpha value is -2.74. The molecule has 0 spiro atoms.